The van der Waals surface area contributed by atoms with E-state index in [-0.39, 0.29) is 5.38 Å². The summed E-state index contributed by atoms with van der Waals surface area (Å²) in [7, 11) is 1.62. The van der Waals surface area contributed by atoms with E-state index in [2.05, 4.69) is 12.1 Å². The number of ether oxygens (including phenoxy) is 1. The van der Waals surface area contributed by atoms with E-state index in [0.29, 0.717) is 10.8 Å². The van der Waals surface area contributed by atoms with E-state index in [0.717, 1.165) is 18.4 Å². The van der Waals surface area contributed by atoms with E-state index >= 15 is 0 Å². The number of halogens is 2. The summed E-state index contributed by atoms with van der Waals surface area (Å²) in [6.45, 7) is 0. The van der Waals surface area contributed by atoms with Gasteiger partial charge < -0.3 is 4.74 Å². The standard InChI is InChI=1S/C16H16Cl2O/c1-19-16-11-12(8-10-15(16)18)7-9-14(17)13-5-3-2-4-6-13/h2-6,8,10-11,14H,7,9H2,1H3. The molecule has 3 heteroatoms. The number of methoxy groups -OCH3 is 1. The second kappa shape index (κ2) is 6.83. The van der Waals surface area contributed by atoms with Crippen LogP contribution in [0.25, 0.3) is 0 Å². The third kappa shape index (κ3) is 3.89. The van der Waals surface area contributed by atoms with E-state index in [1.807, 2.05) is 36.4 Å². The van der Waals surface area contributed by atoms with E-state index in [1.54, 1.807) is 7.11 Å². The molecule has 0 aliphatic heterocycles. The lowest BCUT2D eigenvalue weighted by molar-refractivity contribution is 0.414. The predicted octanol–water partition coefficient (Wildman–Crippen LogP) is 5.26. The maximum absolute atomic E-state index is 6.40. The number of rotatable bonds is 5. The van der Waals surface area contributed by atoms with Gasteiger partial charge in [-0.2, -0.15) is 0 Å². The highest BCUT2D eigenvalue weighted by atomic mass is 35.5. The SMILES string of the molecule is COc1cc(CCC(Cl)c2ccccc2)ccc1Cl. The van der Waals surface area contributed by atoms with E-state index in [9.17, 15) is 0 Å². The van der Waals surface area contributed by atoms with Crippen LogP contribution < -0.4 is 4.74 Å². The first-order chi connectivity index (χ1) is 9.20. The fourth-order valence-corrected chi connectivity index (χ4v) is 2.43. The molecule has 0 bridgehead atoms. The van der Waals surface area contributed by atoms with Crippen molar-refractivity contribution in [2.24, 2.45) is 0 Å². The number of hydrogen-bond acceptors (Lipinski definition) is 1. The molecule has 0 aliphatic carbocycles. The van der Waals surface area contributed by atoms with Gasteiger partial charge in [0.25, 0.3) is 0 Å². The van der Waals surface area contributed by atoms with Crippen LogP contribution in [0.5, 0.6) is 5.75 Å². The zero-order valence-electron chi connectivity index (χ0n) is 10.8. The van der Waals surface area contributed by atoms with Gasteiger partial charge in [0.2, 0.25) is 0 Å². The molecule has 0 aromatic heterocycles. The van der Waals surface area contributed by atoms with Gasteiger partial charge in [0.1, 0.15) is 5.75 Å². The van der Waals surface area contributed by atoms with Crippen molar-refractivity contribution in [3.05, 3.63) is 64.7 Å². The van der Waals surface area contributed by atoms with Crippen molar-refractivity contribution in [3.8, 4) is 5.75 Å². The quantitative estimate of drug-likeness (QED) is 0.683. The molecule has 0 spiro atoms. The minimum atomic E-state index is 0.0304. The summed E-state index contributed by atoms with van der Waals surface area (Å²) in [5, 5.41) is 0.666. The molecule has 19 heavy (non-hydrogen) atoms. The Balaban J connectivity index is 1.99. The molecule has 1 unspecified atom stereocenters. The van der Waals surface area contributed by atoms with Gasteiger partial charge >= 0.3 is 0 Å². The average Bonchev–Trinajstić information content (AvgIpc) is 2.47. The van der Waals surface area contributed by atoms with Gasteiger partial charge in [-0.05, 0) is 36.1 Å². The first-order valence-electron chi connectivity index (χ1n) is 6.22. The van der Waals surface area contributed by atoms with E-state index < -0.39 is 0 Å². The predicted molar refractivity (Wildman–Crippen MR) is 81.4 cm³/mol. The Hall–Kier alpha value is -1.18. The largest absolute Gasteiger partial charge is 0.495 e. The third-order valence-electron chi connectivity index (χ3n) is 3.06. The molecular formula is C16H16Cl2O. The normalized spacial score (nSPS) is 12.2. The highest BCUT2D eigenvalue weighted by Gasteiger charge is 2.08. The van der Waals surface area contributed by atoms with Crippen LogP contribution in [0.3, 0.4) is 0 Å². The Morgan fingerprint density at radius 3 is 2.53 bits per heavy atom. The Morgan fingerprint density at radius 2 is 1.84 bits per heavy atom. The van der Waals surface area contributed by atoms with Crippen LogP contribution in [0.4, 0.5) is 0 Å². The van der Waals surface area contributed by atoms with Gasteiger partial charge in [0.15, 0.2) is 0 Å². The number of aryl methyl sites for hydroxylation is 1. The minimum Gasteiger partial charge on any atom is -0.495 e. The molecule has 2 aromatic rings. The molecule has 0 fully saturated rings. The monoisotopic (exact) mass is 294 g/mol. The first kappa shape index (κ1) is 14.2. The van der Waals surface area contributed by atoms with E-state index in [1.165, 1.54) is 5.56 Å². The highest BCUT2D eigenvalue weighted by molar-refractivity contribution is 6.32. The molecule has 0 saturated carbocycles. The van der Waals surface area contributed by atoms with Crippen LogP contribution in [-0.2, 0) is 6.42 Å². The zero-order chi connectivity index (χ0) is 13.7. The van der Waals surface area contributed by atoms with Crippen LogP contribution in [0.15, 0.2) is 48.5 Å². The number of alkyl halides is 1. The summed E-state index contributed by atoms with van der Waals surface area (Å²) < 4.78 is 5.21. The summed E-state index contributed by atoms with van der Waals surface area (Å²) in [4.78, 5) is 0. The molecule has 1 atom stereocenters. The number of hydrogen-bond donors (Lipinski definition) is 0. The summed E-state index contributed by atoms with van der Waals surface area (Å²) in [6, 6.07) is 16.0. The fourth-order valence-electron chi connectivity index (χ4n) is 1.98. The maximum Gasteiger partial charge on any atom is 0.137 e. The number of benzene rings is 2. The Bertz CT molecular complexity index is 526. The van der Waals surface area contributed by atoms with Gasteiger partial charge in [-0.15, -0.1) is 11.6 Å². The van der Waals surface area contributed by atoms with Crippen LogP contribution in [0.1, 0.15) is 22.9 Å². The molecule has 0 heterocycles. The summed E-state index contributed by atoms with van der Waals surface area (Å²) in [5.74, 6) is 0.713. The van der Waals surface area contributed by atoms with Crippen molar-refractivity contribution in [2.75, 3.05) is 7.11 Å². The van der Waals surface area contributed by atoms with Crippen LogP contribution in [0, 0.1) is 0 Å². The topological polar surface area (TPSA) is 9.23 Å². The zero-order valence-corrected chi connectivity index (χ0v) is 12.3. The maximum atomic E-state index is 6.40. The summed E-state index contributed by atoms with van der Waals surface area (Å²) in [5.41, 5.74) is 2.34. The van der Waals surface area contributed by atoms with Crippen LogP contribution >= 0.6 is 23.2 Å². The molecular weight excluding hydrogens is 279 g/mol. The lowest BCUT2D eigenvalue weighted by Crippen LogP contribution is -1.95. The van der Waals surface area contributed by atoms with Gasteiger partial charge in [-0.25, -0.2) is 0 Å². The van der Waals surface area contributed by atoms with Crippen LogP contribution in [-0.4, -0.2) is 7.11 Å². The van der Waals surface area contributed by atoms with E-state index in [4.69, 9.17) is 27.9 Å². The minimum absolute atomic E-state index is 0.0304. The van der Waals surface area contributed by atoms with Crippen molar-refractivity contribution in [3.63, 3.8) is 0 Å². The smallest absolute Gasteiger partial charge is 0.137 e. The van der Waals surface area contributed by atoms with Crippen molar-refractivity contribution >= 4 is 23.2 Å². The average molecular weight is 295 g/mol. The molecule has 0 saturated heterocycles. The summed E-state index contributed by atoms with van der Waals surface area (Å²) in [6.07, 6.45) is 1.78. The third-order valence-corrected chi connectivity index (χ3v) is 3.85. The Morgan fingerprint density at radius 1 is 1.11 bits per heavy atom. The Kier molecular flexibility index (Phi) is 5.12. The van der Waals surface area contributed by atoms with Crippen molar-refractivity contribution in [1.82, 2.24) is 0 Å². The van der Waals surface area contributed by atoms with Gasteiger partial charge in [0.05, 0.1) is 17.5 Å². The molecule has 1 nitrogen and oxygen atoms in total. The lowest BCUT2D eigenvalue weighted by atomic mass is 10.0. The van der Waals surface area contributed by atoms with Crippen molar-refractivity contribution < 1.29 is 4.74 Å². The molecule has 0 radical (unpaired) electrons. The first-order valence-corrected chi connectivity index (χ1v) is 7.03. The summed E-state index contributed by atoms with van der Waals surface area (Å²) >= 11 is 12.4. The highest BCUT2D eigenvalue weighted by Crippen LogP contribution is 2.29. The second-order valence-corrected chi connectivity index (χ2v) is 5.32. The van der Waals surface area contributed by atoms with Crippen molar-refractivity contribution in [1.29, 1.82) is 0 Å². The Labute approximate surface area is 124 Å². The molecule has 2 rings (SSSR count). The van der Waals surface area contributed by atoms with Crippen molar-refractivity contribution in [2.45, 2.75) is 18.2 Å². The molecule has 0 N–H and O–H groups in total. The molecule has 100 valence electrons. The molecule has 0 amide bonds. The molecule has 2 aromatic carbocycles. The molecule has 0 aliphatic rings. The van der Waals surface area contributed by atoms with Crippen LogP contribution in [0.2, 0.25) is 5.02 Å². The van der Waals surface area contributed by atoms with Gasteiger partial charge in [-0.3, -0.25) is 0 Å². The second-order valence-electron chi connectivity index (χ2n) is 4.39. The fraction of sp³-hybridized carbons (Fsp3) is 0.250. The van der Waals surface area contributed by atoms with Gasteiger partial charge in [0, 0.05) is 0 Å². The lowest BCUT2D eigenvalue weighted by Gasteiger charge is -2.11. The van der Waals surface area contributed by atoms with Gasteiger partial charge in [-0.1, -0.05) is 48.0 Å².